The molecular weight excluding hydrogens is 422 g/mol. The molecule has 1 saturated heterocycles. The third-order valence-corrected chi connectivity index (χ3v) is 6.80. The maximum Gasteiger partial charge on any atom is 0.328 e. The van der Waals surface area contributed by atoms with E-state index in [1.54, 1.807) is 14.2 Å². The van der Waals surface area contributed by atoms with Crippen LogP contribution in [0, 0.1) is 12.8 Å². The second-order valence-corrected chi connectivity index (χ2v) is 9.13. The lowest BCUT2D eigenvalue weighted by Gasteiger charge is -2.34. The predicted molar refractivity (Wildman–Crippen MR) is 124 cm³/mol. The van der Waals surface area contributed by atoms with Crippen molar-refractivity contribution < 1.29 is 28.6 Å². The van der Waals surface area contributed by atoms with Gasteiger partial charge in [0.05, 0.1) is 20.8 Å². The van der Waals surface area contributed by atoms with Crippen LogP contribution >= 0.6 is 0 Å². The standard InChI is InChI=1S/C26H37NO6/c1-18-16-19(17-22(31-2)24(18)32-3)10-9-15-33-26(30)21-13-7-8-14-27(21)25(29)23(28)20-11-5-4-6-12-20/h16-17,20-21H,4-15H2,1-3H3. The molecule has 1 amide bonds. The number of aryl methyl sites for hydroxylation is 2. The lowest BCUT2D eigenvalue weighted by Crippen LogP contribution is -2.52. The molecule has 0 N–H and O–H groups in total. The molecule has 2 fully saturated rings. The molecule has 0 spiro atoms. The number of methoxy groups -OCH3 is 2. The number of ether oxygens (including phenoxy) is 3. The highest BCUT2D eigenvalue weighted by molar-refractivity contribution is 6.37. The number of ketones is 1. The molecule has 33 heavy (non-hydrogen) atoms. The van der Waals surface area contributed by atoms with E-state index in [0.29, 0.717) is 25.1 Å². The van der Waals surface area contributed by atoms with Crippen molar-refractivity contribution in [2.75, 3.05) is 27.4 Å². The predicted octanol–water partition coefficient (Wildman–Crippen LogP) is 4.02. The first-order valence-corrected chi connectivity index (χ1v) is 12.2. The van der Waals surface area contributed by atoms with E-state index in [4.69, 9.17) is 14.2 Å². The molecule has 7 nitrogen and oxygen atoms in total. The minimum atomic E-state index is -0.651. The maximum absolute atomic E-state index is 12.9. The van der Waals surface area contributed by atoms with E-state index < -0.39 is 17.9 Å². The Balaban J connectivity index is 1.52. The second kappa shape index (κ2) is 12.1. The van der Waals surface area contributed by atoms with Crippen molar-refractivity contribution in [3.05, 3.63) is 23.3 Å². The smallest absolute Gasteiger partial charge is 0.328 e. The van der Waals surface area contributed by atoms with Gasteiger partial charge in [0.2, 0.25) is 5.78 Å². The third-order valence-electron chi connectivity index (χ3n) is 6.80. The number of Topliss-reactive ketones (excluding diaryl/α,β-unsaturated/α-hetero) is 1. The topological polar surface area (TPSA) is 82.1 Å². The van der Waals surface area contributed by atoms with Gasteiger partial charge in [0, 0.05) is 12.5 Å². The Morgan fingerprint density at radius 1 is 0.970 bits per heavy atom. The zero-order chi connectivity index (χ0) is 23.8. The molecule has 2 aliphatic rings. The van der Waals surface area contributed by atoms with Crippen LogP contribution in [0.15, 0.2) is 12.1 Å². The number of carbonyl (C=O) groups excluding carboxylic acids is 3. The van der Waals surface area contributed by atoms with E-state index in [9.17, 15) is 14.4 Å². The van der Waals surface area contributed by atoms with Crippen LogP contribution in [0.3, 0.4) is 0 Å². The fourth-order valence-electron chi connectivity index (χ4n) is 5.02. The van der Waals surface area contributed by atoms with Crippen LogP contribution in [0.1, 0.15) is 68.9 Å². The normalized spacial score (nSPS) is 19.1. The number of hydrogen-bond acceptors (Lipinski definition) is 6. The maximum atomic E-state index is 12.9. The van der Waals surface area contributed by atoms with E-state index in [-0.39, 0.29) is 18.3 Å². The Labute approximate surface area is 196 Å². The molecule has 1 aliphatic carbocycles. The first kappa shape index (κ1) is 25.1. The summed E-state index contributed by atoms with van der Waals surface area (Å²) in [6.45, 7) is 2.68. The monoisotopic (exact) mass is 459 g/mol. The summed E-state index contributed by atoms with van der Waals surface area (Å²) in [5.41, 5.74) is 2.07. The lowest BCUT2D eigenvalue weighted by atomic mass is 9.85. The van der Waals surface area contributed by atoms with Gasteiger partial charge in [0.25, 0.3) is 5.91 Å². The van der Waals surface area contributed by atoms with E-state index in [0.717, 1.165) is 68.2 Å². The molecule has 182 valence electrons. The van der Waals surface area contributed by atoms with Crippen molar-refractivity contribution in [3.8, 4) is 11.5 Å². The number of piperidine rings is 1. The van der Waals surface area contributed by atoms with E-state index in [2.05, 4.69) is 0 Å². The van der Waals surface area contributed by atoms with Crippen molar-refractivity contribution in [3.63, 3.8) is 0 Å². The first-order valence-electron chi connectivity index (χ1n) is 12.2. The van der Waals surface area contributed by atoms with E-state index in [1.165, 1.54) is 4.90 Å². The average Bonchev–Trinajstić information content (AvgIpc) is 2.85. The molecule has 0 bridgehead atoms. The van der Waals surface area contributed by atoms with Crippen LogP contribution in [-0.4, -0.2) is 56.0 Å². The number of esters is 1. The van der Waals surface area contributed by atoms with Gasteiger partial charge in [-0.2, -0.15) is 0 Å². The number of nitrogens with zero attached hydrogens (tertiary/aromatic N) is 1. The SMILES string of the molecule is COc1cc(CCCOC(=O)C2CCCCN2C(=O)C(=O)C2CCCCC2)cc(C)c1OC. The fourth-order valence-corrected chi connectivity index (χ4v) is 5.02. The van der Waals surface area contributed by atoms with Gasteiger partial charge < -0.3 is 19.1 Å². The van der Waals surface area contributed by atoms with Crippen LogP contribution in [-0.2, 0) is 25.5 Å². The Kier molecular flexibility index (Phi) is 9.15. The molecule has 1 aliphatic heterocycles. The highest BCUT2D eigenvalue weighted by Crippen LogP contribution is 2.32. The van der Waals surface area contributed by atoms with Gasteiger partial charge in [-0.05, 0) is 69.1 Å². The van der Waals surface area contributed by atoms with Crippen LogP contribution in [0.25, 0.3) is 0 Å². The summed E-state index contributed by atoms with van der Waals surface area (Å²) in [5.74, 6) is 0.00125. The van der Waals surface area contributed by atoms with Crippen LogP contribution in [0.5, 0.6) is 11.5 Å². The lowest BCUT2D eigenvalue weighted by molar-refractivity contribution is -0.160. The number of benzene rings is 1. The average molecular weight is 460 g/mol. The molecule has 1 saturated carbocycles. The van der Waals surface area contributed by atoms with Gasteiger partial charge in [-0.1, -0.05) is 25.3 Å². The largest absolute Gasteiger partial charge is 0.493 e. The summed E-state index contributed by atoms with van der Waals surface area (Å²) >= 11 is 0. The first-order chi connectivity index (χ1) is 16.0. The third kappa shape index (κ3) is 6.27. The van der Waals surface area contributed by atoms with Gasteiger partial charge in [-0.15, -0.1) is 0 Å². The number of likely N-dealkylation sites (tertiary alicyclic amines) is 1. The summed E-state index contributed by atoms with van der Waals surface area (Å²) < 4.78 is 16.3. The Morgan fingerprint density at radius 2 is 1.70 bits per heavy atom. The highest BCUT2D eigenvalue weighted by atomic mass is 16.5. The quantitative estimate of drug-likeness (QED) is 0.315. The zero-order valence-corrected chi connectivity index (χ0v) is 20.2. The second-order valence-electron chi connectivity index (χ2n) is 9.13. The molecule has 1 atom stereocenters. The Bertz CT molecular complexity index is 845. The molecule has 7 heteroatoms. The molecule has 0 radical (unpaired) electrons. The van der Waals surface area contributed by atoms with Gasteiger partial charge in [0.1, 0.15) is 6.04 Å². The van der Waals surface area contributed by atoms with Crippen LogP contribution in [0.4, 0.5) is 0 Å². The van der Waals surface area contributed by atoms with Crippen molar-refractivity contribution >= 4 is 17.7 Å². The molecule has 1 aromatic rings. The number of hydrogen-bond donors (Lipinski definition) is 0. The minimum absolute atomic E-state index is 0.185. The van der Waals surface area contributed by atoms with Crippen LogP contribution in [0.2, 0.25) is 0 Å². The number of carbonyl (C=O) groups is 3. The van der Waals surface area contributed by atoms with Crippen molar-refractivity contribution in [2.24, 2.45) is 5.92 Å². The Hall–Kier alpha value is -2.57. The molecule has 1 aromatic carbocycles. The number of rotatable bonds is 9. The van der Waals surface area contributed by atoms with E-state index >= 15 is 0 Å². The molecular formula is C26H37NO6. The molecule has 0 aromatic heterocycles. The van der Waals surface area contributed by atoms with E-state index in [1.807, 2.05) is 19.1 Å². The summed E-state index contributed by atoms with van der Waals surface area (Å²) in [4.78, 5) is 39.9. The van der Waals surface area contributed by atoms with Crippen LogP contribution < -0.4 is 9.47 Å². The summed E-state index contributed by atoms with van der Waals surface area (Å²) in [5, 5.41) is 0. The molecule has 1 heterocycles. The summed E-state index contributed by atoms with van der Waals surface area (Å²) in [6.07, 6.45) is 8.27. The van der Waals surface area contributed by atoms with Gasteiger partial charge in [0.15, 0.2) is 11.5 Å². The number of amides is 1. The summed E-state index contributed by atoms with van der Waals surface area (Å²) in [6, 6.07) is 3.33. The highest BCUT2D eigenvalue weighted by Gasteiger charge is 2.38. The van der Waals surface area contributed by atoms with Gasteiger partial charge in [-0.3, -0.25) is 9.59 Å². The van der Waals surface area contributed by atoms with Crippen molar-refractivity contribution in [1.82, 2.24) is 4.90 Å². The molecule has 1 unspecified atom stereocenters. The van der Waals surface area contributed by atoms with Crippen molar-refractivity contribution in [1.29, 1.82) is 0 Å². The van der Waals surface area contributed by atoms with Gasteiger partial charge in [-0.25, -0.2) is 4.79 Å². The fraction of sp³-hybridized carbons (Fsp3) is 0.654. The zero-order valence-electron chi connectivity index (χ0n) is 20.2. The van der Waals surface area contributed by atoms with Crippen molar-refractivity contribution in [2.45, 2.75) is 77.2 Å². The molecule has 3 rings (SSSR count). The Morgan fingerprint density at radius 3 is 2.39 bits per heavy atom. The van der Waals surface area contributed by atoms with Gasteiger partial charge >= 0.3 is 5.97 Å². The minimum Gasteiger partial charge on any atom is -0.493 e. The summed E-state index contributed by atoms with van der Waals surface area (Å²) in [7, 11) is 3.23.